The largest absolute Gasteiger partial charge is 0.505 e. The van der Waals surface area contributed by atoms with Gasteiger partial charge in [-0.05, 0) is 46.7 Å². The summed E-state index contributed by atoms with van der Waals surface area (Å²) in [6, 6.07) is 9.11. The predicted molar refractivity (Wildman–Crippen MR) is 127 cm³/mol. The number of phenolic OH excluding ortho intramolecular Hbond substituents is 1. The van der Waals surface area contributed by atoms with Crippen molar-refractivity contribution in [2.75, 3.05) is 34.3 Å². The molecule has 2 aromatic carbocycles. The molecule has 32 heavy (non-hydrogen) atoms. The van der Waals surface area contributed by atoms with Crippen molar-refractivity contribution in [2.45, 2.75) is 46.0 Å². The standard InChI is InChI=1S/C25H34N4O3/c1-16(2)19-14-18(25(3,4)5)15-22(23(19)30)28-26-20-10-9-17(13-21(20)27-28)24(31)32-12-11-29(6,7)8/h9-10,13-16H,11-12H2,1-8H3/p+1. The number of fused-ring (bicyclic) bond motifs is 1. The van der Waals surface area contributed by atoms with Gasteiger partial charge in [-0.15, -0.1) is 15.0 Å². The number of esters is 1. The van der Waals surface area contributed by atoms with Crippen LogP contribution < -0.4 is 0 Å². The number of carbonyl (C=O) groups excluding carboxylic acids is 1. The Kier molecular flexibility index (Phi) is 6.33. The van der Waals surface area contributed by atoms with Crippen LogP contribution in [0, 0.1) is 0 Å². The number of likely N-dealkylation sites (N-methyl/N-ethyl adjacent to an activating group) is 1. The third-order valence-electron chi connectivity index (χ3n) is 5.43. The summed E-state index contributed by atoms with van der Waals surface area (Å²) in [4.78, 5) is 13.9. The molecule has 0 fully saturated rings. The van der Waals surface area contributed by atoms with Gasteiger partial charge in [-0.3, -0.25) is 0 Å². The van der Waals surface area contributed by atoms with Crippen LogP contribution in [0.3, 0.4) is 0 Å². The Morgan fingerprint density at radius 2 is 1.75 bits per heavy atom. The fourth-order valence-electron chi connectivity index (χ4n) is 3.31. The van der Waals surface area contributed by atoms with Gasteiger partial charge in [-0.1, -0.05) is 40.7 Å². The van der Waals surface area contributed by atoms with Crippen LogP contribution in [-0.2, 0) is 10.2 Å². The van der Waals surface area contributed by atoms with E-state index in [1.807, 2.05) is 27.2 Å². The molecule has 1 N–H and O–H groups in total. The number of nitrogens with zero attached hydrogens (tertiary/aromatic N) is 4. The topological polar surface area (TPSA) is 77.2 Å². The van der Waals surface area contributed by atoms with Crippen molar-refractivity contribution in [3.8, 4) is 11.4 Å². The second-order valence-corrected chi connectivity index (χ2v) is 10.7. The first-order valence-corrected chi connectivity index (χ1v) is 11.0. The average Bonchev–Trinajstić information content (AvgIpc) is 3.08. The molecule has 0 amide bonds. The van der Waals surface area contributed by atoms with E-state index in [4.69, 9.17) is 4.74 Å². The van der Waals surface area contributed by atoms with Gasteiger partial charge in [0.2, 0.25) is 0 Å². The molecule has 172 valence electrons. The zero-order chi connectivity index (χ0) is 23.8. The lowest BCUT2D eigenvalue weighted by atomic mass is 9.84. The monoisotopic (exact) mass is 439 g/mol. The van der Waals surface area contributed by atoms with E-state index in [0.29, 0.717) is 28.9 Å². The van der Waals surface area contributed by atoms with Gasteiger partial charge < -0.3 is 14.3 Å². The van der Waals surface area contributed by atoms with Gasteiger partial charge in [0.05, 0.1) is 26.7 Å². The number of phenols is 1. The van der Waals surface area contributed by atoms with E-state index in [1.54, 1.807) is 18.2 Å². The van der Waals surface area contributed by atoms with Crippen LogP contribution >= 0.6 is 0 Å². The summed E-state index contributed by atoms with van der Waals surface area (Å²) in [5, 5.41) is 20.1. The van der Waals surface area contributed by atoms with Crippen LogP contribution in [0.1, 0.15) is 62.0 Å². The molecule has 0 aliphatic carbocycles. The molecule has 0 bridgehead atoms. The molecule has 0 aliphatic heterocycles. The van der Waals surface area contributed by atoms with Gasteiger partial charge >= 0.3 is 5.97 Å². The Bertz CT molecular complexity index is 1130. The van der Waals surface area contributed by atoms with E-state index in [2.05, 4.69) is 50.9 Å². The maximum atomic E-state index is 12.5. The number of benzene rings is 2. The zero-order valence-corrected chi connectivity index (χ0v) is 20.4. The van der Waals surface area contributed by atoms with Crippen LogP contribution in [-0.4, -0.2) is 64.8 Å². The minimum Gasteiger partial charge on any atom is -0.505 e. The van der Waals surface area contributed by atoms with Gasteiger partial charge in [0, 0.05) is 0 Å². The van der Waals surface area contributed by atoms with Crippen LogP contribution in [0.15, 0.2) is 30.3 Å². The second-order valence-electron chi connectivity index (χ2n) is 10.7. The van der Waals surface area contributed by atoms with Gasteiger partial charge in [-0.25, -0.2) is 4.79 Å². The van der Waals surface area contributed by atoms with E-state index in [1.165, 1.54) is 4.80 Å². The summed E-state index contributed by atoms with van der Waals surface area (Å²) in [5.74, 6) is -0.0584. The molecule has 0 atom stereocenters. The van der Waals surface area contributed by atoms with E-state index >= 15 is 0 Å². The van der Waals surface area contributed by atoms with Crippen molar-refractivity contribution in [1.29, 1.82) is 0 Å². The zero-order valence-electron chi connectivity index (χ0n) is 20.4. The highest BCUT2D eigenvalue weighted by Crippen LogP contribution is 2.36. The highest BCUT2D eigenvalue weighted by atomic mass is 16.5. The van der Waals surface area contributed by atoms with Gasteiger partial charge in [0.1, 0.15) is 35.6 Å². The molecule has 0 aliphatic rings. The van der Waals surface area contributed by atoms with Crippen LogP contribution in [0.25, 0.3) is 16.7 Å². The fourth-order valence-corrected chi connectivity index (χ4v) is 3.31. The molecule has 0 unspecified atom stereocenters. The Morgan fingerprint density at radius 3 is 2.34 bits per heavy atom. The Morgan fingerprint density at radius 1 is 1.09 bits per heavy atom. The summed E-state index contributed by atoms with van der Waals surface area (Å²) in [6.45, 7) is 11.6. The highest BCUT2D eigenvalue weighted by Gasteiger charge is 2.22. The maximum Gasteiger partial charge on any atom is 0.338 e. The number of quaternary nitrogens is 1. The first kappa shape index (κ1) is 23.7. The third-order valence-corrected chi connectivity index (χ3v) is 5.43. The normalized spacial score (nSPS) is 12.5. The van der Waals surface area contributed by atoms with E-state index in [9.17, 15) is 9.90 Å². The SMILES string of the molecule is CC(C)c1cc(C(C)(C)C)cc(-n2nc3ccc(C(=O)OCC[N+](C)(C)C)cc3n2)c1O. The molecule has 0 saturated heterocycles. The molecule has 1 heterocycles. The molecular formula is C25H35N4O3+. The number of ether oxygens (including phenoxy) is 1. The van der Waals surface area contributed by atoms with Crippen molar-refractivity contribution in [3.05, 3.63) is 47.0 Å². The summed E-state index contributed by atoms with van der Waals surface area (Å²) in [5.41, 5.74) is 4.02. The highest BCUT2D eigenvalue weighted by molar-refractivity contribution is 5.93. The van der Waals surface area contributed by atoms with Crippen LogP contribution in [0.2, 0.25) is 0 Å². The summed E-state index contributed by atoms with van der Waals surface area (Å²) >= 11 is 0. The second kappa shape index (κ2) is 8.54. The maximum absolute atomic E-state index is 12.5. The van der Waals surface area contributed by atoms with Crippen LogP contribution in [0.4, 0.5) is 0 Å². The number of rotatable bonds is 6. The Hall–Kier alpha value is -2.93. The molecule has 7 nitrogen and oxygen atoms in total. The molecule has 3 aromatic rings. The number of hydrogen-bond donors (Lipinski definition) is 1. The lowest BCUT2D eigenvalue weighted by Gasteiger charge is -2.23. The van der Waals surface area contributed by atoms with Gasteiger partial charge in [0.15, 0.2) is 0 Å². The van der Waals surface area contributed by atoms with Gasteiger partial charge in [0.25, 0.3) is 0 Å². The lowest BCUT2D eigenvalue weighted by Crippen LogP contribution is -2.38. The summed E-state index contributed by atoms with van der Waals surface area (Å²) in [6.07, 6.45) is 0. The summed E-state index contributed by atoms with van der Waals surface area (Å²) < 4.78 is 6.13. The average molecular weight is 440 g/mol. The Balaban J connectivity index is 1.97. The lowest BCUT2D eigenvalue weighted by molar-refractivity contribution is -0.870. The van der Waals surface area contributed by atoms with Crippen molar-refractivity contribution in [1.82, 2.24) is 15.0 Å². The first-order valence-electron chi connectivity index (χ1n) is 11.0. The smallest absolute Gasteiger partial charge is 0.338 e. The molecule has 7 heteroatoms. The van der Waals surface area contributed by atoms with Crippen molar-refractivity contribution >= 4 is 17.0 Å². The van der Waals surface area contributed by atoms with Gasteiger partial charge in [-0.2, -0.15) is 0 Å². The molecule has 0 radical (unpaired) electrons. The predicted octanol–water partition coefficient (Wildman–Crippen LogP) is 4.41. The molecule has 0 spiro atoms. The molecule has 0 saturated carbocycles. The van der Waals surface area contributed by atoms with E-state index < -0.39 is 0 Å². The quantitative estimate of drug-likeness (QED) is 0.455. The number of carbonyl (C=O) groups is 1. The molecule has 3 rings (SSSR count). The minimum atomic E-state index is -0.380. The minimum absolute atomic E-state index is 0.0959. The van der Waals surface area contributed by atoms with Crippen molar-refractivity contribution in [3.63, 3.8) is 0 Å². The van der Waals surface area contributed by atoms with E-state index in [-0.39, 0.29) is 23.1 Å². The molecule has 1 aromatic heterocycles. The number of aromatic hydroxyl groups is 1. The number of hydrogen-bond acceptors (Lipinski definition) is 5. The number of aromatic nitrogens is 3. The van der Waals surface area contributed by atoms with Crippen molar-refractivity contribution in [2.24, 2.45) is 0 Å². The van der Waals surface area contributed by atoms with E-state index in [0.717, 1.165) is 22.2 Å². The first-order chi connectivity index (χ1) is 14.8. The van der Waals surface area contributed by atoms with Crippen LogP contribution in [0.5, 0.6) is 5.75 Å². The molecular weight excluding hydrogens is 404 g/mol. The summed E-state index contributed by atoms with van der Waals surface area (Å²) in [7, 11) is 6.15. The Labute approximate surface area is 190 Å². The third kappa shape index (κ3) is 5.27. The van der Waals surface area contributed by atoms with Crippen molar-refractivity contribution < 1.29 is 19.1 Å². The fraction of sp³-hybridized carbons (Fsp3) is 0.480.